The number of nitrogens with zero attached hydrogens (tertiary/aromatic N) is 1. The number of alkyl halides is 3. The van der Waals surface area contributed by atoms with E-state index in [1.807, 2.05) is 30.3 Å². The normalized spacial score (nSPS) is 29.9. The van der Waals surface area contributed by atoms with E-state index in [0.717, 1.165) is 10.5 Å². The number of fused-ring (bicyclic) bond motifs is 1. The van der Waals surface area contributed by atoms with Crippen LogP contribution in [-0.4, -0.2) is 35.4 Å². The lowest BCUT2D eigenvalue weighted by Gasteiger charge is -2.34. The summed E-state index contributed by atoms with van der Waals surface area (Å²) in [5.74, 6) is -0.472. The fourth-order valence-electron chi connectivity index (χ4n) is 3.06. The number of carbonyl (C=O) groups is 1. The van der Waals surface area contributed by atoms with Crippen molar-refractivity contribution in [2.24, 2.45) is 0 Å². The summed E-state index contributed by atoms with van der Waals surface area (Å²) >= 11 is 0. The van der Waals surface area contributed by atoms with Crippen molar-refractivity contribution < 1.29 is 22.7 Å². The lowest BCUT2D eigenvalue weighted by Crippen LogP contribution is -2.55. The molecule has 2 saturated heterocycles. The van der Waals surface area contributed by atoms with Crippen LogP contribution in [0.1, 0.15) is 18.4 Å². The number of benzene rings is 1. The zero-order chi connectivity index (χ0) is 14.4. The van der Waals surface area contributed by atoms with Gasteiger partial charge in [-0.3, -0.25) is 4.79 Å². The van der Waals surface area contributed by atoms with E-state index in [-0.39, 0.29) is 19.4 Å². The second kappa shape index (κ2) is 4.48. The van der Waals surface area contributed by atoms with Crippen LogP contribution < -0.4 is 0 Å². The fourth-order valence-corrected chi connectivity index (χ4v) is 3.06. The quantitative estimate of drug-likeness (QED) is 0.835. The molecule has 3 rings (SSSR count). The molecule has 20 heavy (non-hydrogen) atoms. The van der Waals surface area contributed by atoms with Gasteiger partial charge < -0.3 is 9.64 Å². The second-order valence-electron chi connectivity index (χ2n) is 5.20. The van der Waals surface area contributed by atoms with Crippen molar-refractivity contribution in [3.05, 3.63) is 35.9 Å². The van der Waals surface area contributed by atoms with Gasteiger partial charge in [0.1, 0.15) is 0 Å². The first-order valence-corrected chi connectivity index (χ1v) is 6.51. The van der Waals surface area contributed by atoms with Crippen molar-refractivity contribution in [3.63, 3.8) is 0 Å². The van der Waals surface area contributed by atoms with Crippen LogP contribution in [0, 0.1) is 0 Å². The van der Waals surface area contributed by atoms with Gasteiger partial charge in [-0.05, 0) is 12.0 Å². The summed E-state index contributed by atoms with van der Waals surface area (Å²) in [5.41, 5.74) is -1.50. The zero-order valence-electron chi connectivity index (χ0n) is 10.7. The molecule has 3 nitrogen and oxygen atoms in total. The topological polar surface area (TPSA) is 29.5 Å². The summed E-state index contributed by atoms with van der Waals surface area (Å²) < 4.78 is 44.9. The molecule has 2 aliphatic heterocycles. The summed E-state index contributed by atoms with van der Waals surface area (Å²) in [6, 6.07) is 8.63. The first kappa shape index (κ1) is 13.4. The Balaban J connectivity index is 1.87. The van der Waals surface area contributed by atoms with E-state index >= 15 is 0 Å². The van der Waals surface area contributed by atoms with Crippen molar-refractivity contribution in [3.8, 4) is 0 Å². The van der Waals surface area contributed by atoms with Crippen LogP contribution in [0.4, 0.5) is 13.2 Å². The first-order valence-electron chi connectivity index (χ1n) is 6.51. The summed E-state index contributed by atoms with van der Waals surface area (Å²) in [5, 5.41) is 0. The van der Waals surface area contributed by atoms with Crippen molar-refractivity contribution >= 4 is 5.91 Å². The van der Waals surface area contributed by atoms with E-state index in [0.29, 0.717) is 6.42 Å². The van der Waals surface area contributed by atoms with E-state index in [2.05, 4.69) is 0 Å². The highest BCUT2D eigenvalue weighted by atomic mass is 19.4. The minimum Gasteiger partial charge on any atom is -0.345 e. The molecule has 0 radical (unpaired) electrons. The summed E-state index contributed by atoms with van der Waals surface area (Å²) in [6.07, 6.45) is -4.58. The number of ether oxygens (including phenoxy) is 1. The molecule has 1 aromatic carbocycles. The molecular weight excluding hydrogens is 271 g/mol. The van der Waals surface area contributed by atoms with Crippen LogP contribution in [0.2, 0.25) is 0 Å². The smallest absolute Gasteiger partial charge is 0.345 e. The fraction of sp³-hybridized carbons (Fsp3) is 0.500. The van der Waals surface area contributed by atoms with E-state index in [9.17, 15) is 18.0 Å². The number of hydrogen-bond acceptors (Lipinski definition) is 2. The van der Waals surface area contributed by atoms with Gasteiger partial charge in [-0.25, -0.2) is 0 Å². The minimum atomic E-state index is -4.55. The van der Waals surface area contributed by atoms with Crippen molar-refractivity contribution in [1.29, 1.82) is 0 Å². The maximum absolute atomic E-state index is 13.3. The number of carbonyl (C=O) groups excluding carboxylic acids is 1. The van der Waals surface area contributed by atoms with Gasteiger partial charge >= 0.3 is 6.18 Å². The Bertz CT molecular complexity index is 517. The van der Waals surface area contributed by atoms with E-state index < -0.39 is 23.9 Å². The Hall–Kier alpha value is -1.56. The highest BCUT2D eigenvalue weighted by Gasteiger charge is 2.68. The number of halogens is 3. The van der Waals surface area contributed by atoms with Gasteiger partial charge in [0, 0.05) is 12.8 Å². The van der Waals surface area contributed by atoms with Crippen molar-refractivity contribution in [2.75, 3.05) is 6.61 Å². The Morgan fingerprint density at radius 3 is 2.65 bits per heavy atom. The molecule has 6 heteroatoms. The van der Waals surface area contributed by atoms with Gasteiger partial charge in [0.2, 0.25) is 11.6 Å². The highest BCUT2D eigenvalue weighted by Crippen LogP contribution is 2.49. The Morgan fingerprint density at radius 2 is 2.00 bits per heavy atom. The molecule has 2 unspecified atom stereocenters. The van der Waals surface area contributed by atoms with Gasteiger partial charge in [0.15, 0.2) is 0 Å². The largest absolute Gasteiger partial charge is 0.436 e. The van der Waals surface area contributed by atoms with Crippen molar-refractivity contribution in [2.45, 2.75) is 37.2 Å². The minimum absolute atomic E-state index is 0.0693. The monoisotopic (exact) mass is 285 g/mol. The number of hydrogen-bond donors (Lipinski definition) is 0. The van der Waals surface area contributed by atoms with Crippen molar-refractivity contribution in [1.82, 2.24) is 4.90 Å². The predicted molar refractivity (Wildman–Crippen MR) is 64.8 cm³/mol. The molecule has 2 heterocycles. The van der Waals surface area contributed by atoms with Crippen LogP contribution in [-0.2, 0) is 16.0 Å². The highest BCUT2D eigenvalue weighted by molar-refractivity contribution is 5.80. The maximum atomic E-state index is 13.3. The van der Waals surface area contributed by atoms with E-state index in [1.165, 1.54) is 0 Å². The molecule has 0 saturated carbocycles. The molecular formula is C14H14F3NO2. The average molecular weight is 285 g/mol. The molecule has 1 aromatic rings. The lowest BCUT2D eigenvalue weighted by molar-refractivity contribution is -0.293. The Labute approximate surface area is 114 Å². The summed E-state index contributed by atoms with van der Waals surface area (Å²) in [6.45, 7) is -0.0693. The third-order valence-electron chi connectivity index (χ3n) is 3.97. The maximum Gasteiger partial charge on any atom is 0.436 e. The van der Waals surface area contributed by atoms with Gasteiger partial charge in [-0.15, -0.1) is 0 Å². The summed E-state index contributed by atoms with van der Waals surface area (Å²) in [7, 11) is 0. The third-order valence-corrected chi connectivity index (χ3v) is 3.97. The SMILES string of the molecule is O=C1CCC2(C(F)(F)F)OCC(Cc3ccccc3)N12. The van der Waals surface area contributed by atoms with Crippen LogP contribution in [0.15, 0.2) is 30.3 Å². The standard InChI is InChI=1S/C14H14F3NO2/c15-14(16,17)13-7-6-12(19)18(13)11(9-20-13)8-10-4-2-1-3-5-10/h1-5,11H,6-9H2. The Kier molecular flexibility index (Phi) is 3.01. The molecule has 0 bridgehead atoms. The third kappa shape index (κ3) is 1.90. The second-order valence-corrected chi connectivity index (χ2v) is 5.20. The van der Waals surface area contributed by atoms with Gasteiger partial charge in [-0.2, -0.15) is 13.2 Å². The van der Waals surface area contributed by atoms with Crippen LogP contribution in [0.25, 0.3) is 0 Å². The molecule has 108 valence electrons. The number of amides is 1. The number of rotatable bonds is 2. The zero-order valence-corrected chi connectivity index (χ0v) is 10.7. The van der Waals surface area contributed by atoms with Gasteiger partial charge in [-0.1, -0.05) is 30.3 Å². The molecule has 2 atom stereocenters. The molecule has 0 aromatic heterocycles. The van der Waals surface area contributed by atoms with E-state index in [4.69, 9.17) is 4.74 Å². The average Bonchev–Trinajstić information content (AvgIpc) is 2.92. The van der Waals surface area contributed by atoms with Gasteiger partial charge in [0.25, 0.3) is 0 Å². The molecule has 1 amide bonds. The van der Waals surface area contributed by atoms with Gasteiger partial charge in [0.05, 0.1) is 12.6 Å². The molecule has 2 fully saturated rings. The Morgan fingerprint density at radius 1 is 1.30 bits per heavy atom. The van der Waals surface area contributed by atoms with E-state index in [1.54, 1.807) is 0 Å². The van der Waals surface area contributed by atoms with Crippen LogP contribution in [0.5, 0.6) is 0 Å². The van der Waals surface area contributed by atoms with Crippen LogP contribution in [0.3, 0.4) is 0 Å². The molecule has 2 aliphatic rings. The molecule has 0 spiro atoms. The molecule has 0 N–H and O–H groups in total. The molecule has 0 aliphatic carbocycles. The predicted octanol–water partition coefficient (Wildman–Crippen LogP) is 2.51. The van der Waals surface area contributed by atoms with Crippen LogP contribution >= 0.6 is 0 Å². The summed E-state index contributed by atoms with van der Waals surface area (Å²) in [4.78, 5) is 12.8. The first-order chi connectivity index (χ1) is 9.44. The lowest BCUT2D eigenvalue weighted by atomic mass is 10.1.